The van der Waals surface area contributed by atoms with E-state index in [1.807, 2.05) is 6.07 Å². The molecule has 1 aromatic carbocycles. The monoisotopic (exact) mass is 259 g/mol. The molecule has 2 rings (SSSR count). The second kappa shape index (κ2) is 5.43. The maximum Gasteiger partial charge on any atom is 0.392 e. The van der Waals surface area contributed by atoms with Gasteiger partial charge in [0.15, 0.2) is 5.78 Å². The zero-order valence-corrected chi connectivity index (χ0v) is 10.4. The van der Waals surface area contributed by atoms with Gasteiger partial charge < -0.3 is 10.1 Å². The van der Waals surface area contributed by atoms with Crippen molar-refractivity contribution in [1.29, 1.82) is 0 Å². The van der Waals surface area contributed by atoms with E-state index >= 15 is 0 Å². The molecule has 6 heteroatoms. The molecule has 0 amide bonds. The van der Waals surface area contributed by atoms with E-state index in [1.54, 1.807) is 37.4 Å². The Morgan fingerprint density at radius 3 is 2.63 bits per heavy atom. The van der Waals surface area contributed by atoms with Gasteiger partial charge in [0.25, 0.3) is 0 Å². The van der Waals surface area contributed by atoms with Crippen molar-refractivity contribution < 1.29 is 9.72 Å². The fraction of sp³-hybridized carbons (Fsp3) is 0.231. The Hall–Kier alpha value is -2.50. The van der Waals surface area contributed by atoms with Crippen molar-refractivity contribution in [2.24, 2.45) is 0 Å². The highest BCUT2D eigenvalue weighted by Crippen LogP contribution is 2.14. The van der Waals surface area contributed by atoms with Crippen molar-refractivity contribution in [3.63, 3.8) is 0 Å². The summed E-state index contributed by atoms with van der Waals surface area (Å²) in [5.74, 6) is -0.163. The molecule has 0 aliphatic carbocycles. The highest BCUT2D eigenvalue weighted by molar-refractivity contribution is 5.95. The van der Waals surface area contributed by atoms with E-state index < -0.39 is 4.92 Å². The Balaban J connectivity index is 2.01. The molecule has 1 aromatic heterocycles. The maximum absolute atomic E-state index is 11.9. The van der Waals surface area contributed by atoms with Crippen molar-refractivity contribution in [1.82, 2.24) is 9.78 Å². The molecule has 0 unspecified atom stereocenters. The SMILES string of the molecule is Cc1cn(CCC(=O)c2ccccc2)nc1[N+](=O)[O-]. The van der Waals surface area contributed by atoms with E-state index in [0.29, 0.717) is 17.7 Å². The number of Topliss-reactive ketones (excluding diaryl/α,β-unsaturated/α-hetero) is 1. The summed E-state index contributed by atoms with van der Waals surface area (Å²) in [7, 11) is 0. The summed E-state index contributed by atoms with van der Waals surface area (Å²) in [5.41, 5.74) is 1.14. The molecule has 0 N–H and O–H groups in total. The molecule has 1 heterocycles. The Kier molecular flexibility index (Phi) is 3.70. The quantitative estimate of drug-likeness (QED) is 0.469. The molecular weight excluding hydrogens is 246 g/mol. The number of hydrogen-bond acceptors (Lipinski definition) is 4. The molecule has 0 bridgehead atoms. The fourth-order valence-electron chi connectivity index (χ4n) is 1.79. The van der Waals surface area contributed by atoms with Crippen LogP contribution >= 0.6 is 0 Å². The van der Waals surface area contributed by atoms with E-state index in [2.05, 4.69) is 5.10 Å². The van der Waals surface area contributed by atoms with Gasteiger partial charge in [-0.15, -0.1) is 0 Å². The molecule has 0 radical (unpaired) electrons. The first-order valence-electron chi connectivity index (χ1n) is 5.84. The molecule has 98 valence electrons. The lowest BCUT2D eigenvalue weighted by Gasteiger charge is -1.99. The molecule has 0 aliphatic rings. The van der Waals surface area contributed by atoms with Crippen LogP contribution < -0.4 is 0 Å². The molecule has 0 fully saturated rings. The van der Waals surface area contributed by atoms with Gasteiger partial charge in [0, 0.05) is 12.0 Å². The number of nitrogens with zero attached hydrogens (tertiary/aromatic N) is 3. The van der Waals surface area contributed by atoms with Crippen LogP contribution in [0.2, 0.25) is 0 Å². The largest absolute Gasteiger partial charge is 0.392 e. The summed E-state index contributed by atoms with van der Waals surface area (Å²) >= 11 is 0. The molecule has 0 saturated carbocycles. The van der Waals surface area contributed by atoms with Gasteiger partial charge >= 0.3 is 5.82 Å². The standard InChI is InChI=1S/C13H13N3O3/c1-10-9-15(14-13(10)16(18)19)8-7-12(17)11-5-3-2-4-6-11/h2-6,9H,7-8H2,1H3. The molecule has 0 aliphatic heterocycles. The van der Waals surface area contributed by atoms with E-state index in [0.717, 1.165) is 0 Å². The van der Waals surface area contributed by atoms with Crippen LogP contribution in [0.3, 0.4) is 0 Å². The Bertz CT molecular complexity index is 605. The minimum atomic E-state index is -0.523. The maximum atomic E-state index is 11.9. The molecule has 0 spiro atoms. The highest BCUT2D eigenvalue weighted by atomic mass is 16.6. The number of aryl methyl sites for hydroxylation is 2. The number of carbonyl (C=O) groups excluding carboxylic acids is 1. The Labute approximate surface area is 109 Å². The smallest absolute Gasteiger partial charge is 0.358 e. The predicted octanol–water partition coefficient (Wildman–Crippen LogP) is 2.37. The average Bonchev–Trinajstić information content (AvgIpc) is 2.78. The van der Waals surface area contributed by atoms with Crippen molar-refractivity contribution >= 4 is 11.6 Å². The van der Waals surface area contributed by atoms with E-state index in [1.165, 1.54) is 4.68 Å². The summed E-state index contributed by atoms with van der Waals surface area (Å²) in [6, 6.07) is 8.95. The minimum absolute atomic E-state index is 0.00333. The minimum Gasteiger partial charge on any atom is -0.358 e. The van der Waals surface area contributed by atoms with Crippen LogP contribution in [-0.2, 0) is 6.54 Å². The molecule has 0 saturated heterocycles. The third kappa shape index (κ3) is 3.04. The van der Waals surface area contributed by atoms with Crippen molar-refractivity contribution in [3.05, 3.63) is 57.8 Å². The number of hydrogen-bond donors (Lipinski definition) is 0. The Morgan fingerprint density at radius 2 is 2.05 bits per heavy atom. The fourth-order valence-corrected chi connectivity index (χ4v) is 1.79. The van der Waals surface area contributed by atoms with Crippen LogP contribution in [-0.4, -0.2) is 20.5 Å². The Morgan fingerprint density at radius 1 is 1.37 bits per heavy atom. The van der Waals surface area contributed by atoms with E-state index in [9.17, 15) is 14.9 Å². The highest BCUT2D eigenvalue weighted by Gasteiger charge is 2.17. The van der Waals surface area contributed by atoms with Crippen molar-refractivity contribution in [2.45, 2.75) is 19.9 Å². The van der Waals surface area contributed by atoms with E-state index in [-0.39, 0.29) is 18.0 Å². The van der Waals surface area contributed by atoms with Crippen molar-refractivity contribution in [2.75, 3.05) is 0 Å². The second-order valence-corrected chi connectivity index (χ2v) is 4.20. The number of benzene rings is 1. The van der Waals surface area contributed by atoms with Crippen LogP contribution in [0.4, 0.5) is 5.82 Å². The predicted molar refractivity (Wildman–Crippen MR) is 69.0 cm³/mol. The number of aromatic nitrogens is 2. The first kappa shape index (κ1) is 12.9. The van der Waals surface area contributed by atoms with Gasteiger partial charge in [-0.25, -0.2) is 0 Å². The molecule has 2 aromatic rings. The van der Waals surface area contributed by atoms with E-state index in [4.69, 9.17) is 0 Å². The van der Waals surface area contributed by atoms with Gasteiger partial charge in [0.2, 0.25) is 0 Å². The van der Waals surface area contributed by atoms with Gasteiger partial charge in [-0.2, -0.15) is 4.68 Å². The first-order valence-corrected chi connectivity index (χ1v) is 5.84. The number of ketones is 1. The van der Waals surface area contributed by atoms with Gasteiger partial charge in [-0.05, 0) is 11.8 Å². The number of carbonyl (C=O) groups is 1. The van der Waals surface area contributed by atoms with Crippen LogP contribution in [0.5, 0.6) is 0 Å². The summed E-state index contributed by atoms with van der Waals surface area (Å²) in [5, 5.41) is 14.5. The van der Waals surface area contributed by atoms with Crippen LogP contribution in [0, 0.1) is 17.0 Å². The zero-order valence-electron chi connectivity index (χ0n) is 10.4. The lowest BCUT2D eigenvalue weighted by molar-refractivity contribution is -0.390. The topological polar surface area (TPSA) is 78.0 Å². The first-order chi connectivity index (χ1) is 9.08. The number of nitro groups is 1. The van der Waals surface area contributed by atoms with Gasteiger partial charge in [0.1, 0.15) is 0 Å². The van der Waals surface area contributed by atoms with Gasteiger partial charge in [0.05, 0.1) is 23.4 Å². The molecular formula is C13H13N3O3. The lowest BCUT2D eigenvalue weighted by Crippen LogP contribution is -2.06. The average molecular weight is 259 g/mol. The van der Waals surface area contributed by atoms with Gasteiger partial charge in [-0.1, -0.05) is 30.3 Å². The second-order valence-electron chi connectivity index (χ2n) is 4.20. The summed E-state index contributed by atoms with van der Waals surface area (Å²) in [6.07, 6.45) is 1.85. The number of rotatable bonds is 5. The lowest BCUT2D eigenvalue weighted by atomic mass is 10.1. The van der Waals surface area contributed by atoms with Crippen LogP contribution in [0.15, 0.2) is 36.5 Å². The summed E-state index contributed by atoms with van der Waals surface area (Å²) < 4.78 is 1.44. The molecule has 6 nitrogen and oxygen atoms in total. The summed E-state index contributed by atoms with van der Waals surface area (Å²) in [6.45, 7) is 1.96. The third-order valence-electron chi connectivity index (χ3n) is 2.76. The normalized spacial score (nSPS) is 10.4. The van der Waals surface area contributed by atoms with Crippen LogP contribution in [0.25, 0.3) is 0 Å². The van der Waals surface area contributed by atoms with Crippen LogP contribution in [0.1, 0.15) is 22.3 Å². The summed E-state index contributed by atoms with van der Waals surface area (Å²) in [4.78, 5) is 22.0. The zero-order chi connectivity index (χ0) is 13.8. The molecule has 0 atom stereocenters. The third-order valence-corrected chi connectivity index (χ3v) is 2.76. The molecule has 19 heavy (non-hydrogen) atoms. The van der Waals surface area contributed by atoms with Crippen molar-refractivity contribution in [3.8, 4) is 0 Å². The van der Waals surface area contributed by atoms with Gasteiger partial charge in [-0.3, -0.25) is 4.79 Å².